The summed E-state index contributed by atoms with van der Waals surface area (Å²) in [4.78, 5) is 10.3. The molecule has 12 heavy (non-hydrogen) atoms. The number of aliphatic carboxylic acids is 1. The first-order chi connectivity index (χ1) is 5.74. The summed E-state index contributed by atoms with van der Waals surface area (Å²) in [5, 5.41) is 11.9. The van der Waals surface area contributed by atoms with Crippen LogP contribution < -0.4 is 5.32 Å². The van der Waals surface area contributed by atoms with Gasteiger partial charge in [-0.3, -0.25) is 4.79 Å². The Morgan fingerprint density at radius 2 is 2.42 bits per heavy atom. The maximum absolute atomic E-state index is 10.3. The minimum atomic E-state index is -0.670. The summed E-state index contributed by atoms with van der Waals surface area (Å²) in [6, 6.07) is 0.560. The normalized spacial score (nSPS) is 29.1. The number of nitrogens with one attached hydrogen (secondary N) is 1. The van der Waals surface area contributed by atoms with Crippen molar-refractivity contribution in [3.05, 3.63) is 0 Å². The fourth-order valence-electron chi connectivity index (χ4n) is 1.95. The van der Waals surface area contributed by atoms with Gasteiger partial charge in [-0.25, -0.2) is 0 Å². The van der Waals surface area contributed by atoms with Gasteiger partial charge < -0.3 is 10.4 Å². The molecule has 1 heterocycles. The lowest BCUT2D eigenvalue weighted by atomic mass is 9.94. The first kappa shape index (κ1) is 9.52. The van der Waals surface area contributed by atoms with E-state index in [1.807, 2.05) is 0 Å². The summed E-state index contributed by atoms with van der Waals surface area (Å²) in [6.45, 7) is 3.21. The number of carboxylic acid groups (broad SMARTS) is 1. The minimum absolute atomic E-state index is 0.322. The lowest BCUT2D eigenvalue weighted by Crippen LogP contribution is -2.26. The molecule has 0 spiro atoms. The fraction of sp³-hybridized carbons (Fsp3) is 0.889. The fourth-order valence-corrected chi connectivity index (χ4v) is 1.95. The largest absolute Gasteiger partial charge is 0.481 e. The highest BCUT2D eigenvalue weighted by molar-refractivity contribution is 5.66. The first-order valence-corrected chi connectivity index (χ1v) is 4.69. The molecule has 1 rings (SSSR count). The van der Waals surface area contributed by atoms with Crippen molar-refractivity contribution in [3.63, 3.8) is 0 Å². The summed E-state index contributed by atoms with van der Waals surface area (Å²) in [5.74, 6) is -0.0807. The van der Waals surface area contributed by atoms with Crippen LogP contribution in [0.25, 0.3) is 0 Å². The van der Waals surface area contributed by atoms with Gasteiger partial charge in [0.2, 0.25) is 0 Å². The van der Waals surface area contributed by atoms with E-state index >= 15 is 0 Å². The van der Waals surface area contributed by atoms with Crippen LogP contribution in [0.2, 0.25) is 0 Å². The molecule has 0 bridgehead atoms. The molecular weight excluding hydrogens is 154 g/mol. The van der Waals surface area contributed by atoms with Gasteiger partial charge in [0.05, 0.1) is 0 Å². The van der Waals surface area contributed by atoms with Crippen molar-refractivity contribution in [1.29, 1.82) is 0 Å². The highest BCUT2D eigenvalue weighted by Crippen LogP contribution is 2.22. The van der Waals surface area contributed by atoms with E-state index in [1.54, 1.807) is 0 Å². The highest BCUT2D eigenvalue weighted by atomic mass is 16.4. The van der Waals surface area contributed by atoms with E-state index < -0.39 is 5.97 Å². The predicted molar refractivity (Wildman–Crippen MR) is 47.1 cm³/mol. The topological polar surface area (TPSA) is 49.3 Å². The molecule has 0 amide bonds. The van der Waals surface area contributed by atoms with Crippen molar-refractivity contribution in [2.45, 2.75) is 38.6 Å². The number of carboxylic acids is 1. The predicted octanol–water partition coefficient (Wildman–Crippen LogP) is 1.24. The quantitative estimate of drug-likeness (QED) is 0.669. The van der Waals surface area contributed by atoms with Gasteiger partial charge in [0.25, 0.3) is 0 Å². The summed E-state index contributed by atoms with van der Waals surface area (Å²) >= 11 is 0. The Morgan fingerprint density at radius 1 is 1.67 bits per heavy atom. The Hall–Kier alpha value is -0.570. The molecule has 0 aromatic rings. The van der Waals surface area contributed by atoms with Crippen LogP contribution in [0, 0.1) is 5.92 Å². The summed E-state index contributed by atoms with van der Waals surface area (Å²) < 4.78 is 0. The molecule has 2 unspecified atom stereocenters. The molecule has 0 saturated carbocycles. The number of hydrogen-bond donors (Lipinski definition) is 2. The van der Waals surface area contributed by atoms with Gasteiger partial charge >= 0.3 is 5.97 Å². The monoisotopic (exact) mass is 171 g/mol. The molecule has 0 radical (unpaired) electrons. The average Bonchev–Trinajstić information content (AvgIpc) is 2.47. The lowest BCUT2D eigenvalue weighted by Gasteiger charge is -2.16. The molecule has 0 aromatic heterocycles. The maximum Gasteiger partial charge on any atom is 0.303 e. The SMILES string of the molecule is CCC1NCCC1CCC(=O)O. The van der Waals surface area contributed by atoms with Gasteiger partial charge in [0, 0.05) is 12.5 Å². The highest BCUT2D eigenvalue weighted by Gasteiger charge is 2.25. The Balaban J connectivity index is 2.26. The zero-order valence-electron chi connectivity index (χ0n) is 7.55. The average molecular weight is 171 g/mol. The molecule has 2 N–H and O–H groups in total. The second-order valence-corrected chi connectivity index (χ2v) is 3.45. The Morgan fingerprint density at radius 3 is 3.00 bits per heavy atom. The smallest absolute Gasteiger partial charge is 0.303 e. The van der Waals surface area contributed by atoms with Crippen molar-refractivity contribution in [2.75, 3.05) is 6.54 Å². The van der Waals surface area contributed by atoms with Crippen LogP contribution in [-0.2, 0) is 4.79 Å². The van der Waals surface area contributed by atoms with E-state index in [-0.39, 0.29) is 0 Å². The van der Waals surface area contributed by atoms with Gasteiger partial charge in [-0.05, 0) is 31.7 Å². The van der Waals surface area contributed by atoms with Crippen molar-refractivity contribution in [1.82, 2.24) is 5.32 Å². The second-order valence-electron chi connectivity index (χ2n) is 3.45. The van der Waals surface area contributed by atoms with Crippen LogP contribution in [0.3, 0.4) is 0 Å². The van der Waals surface area contributed by atoms with Crippen LogP contribution >= 0.6 is 0 Å². The Labute approximate surface area is 73.2 Å². The van der Waals surface area contributed by atoms with Gasteiger partial charge in [-0.2, -0.15) is 0 Å². The van der Waals surface area contributed by atoms with Crippen molar-refractivity contribution < 1.29 is 9.90 Å². The van der Waals surface area contributed by atoms with Gasteiger partial charge in [0.15, 0.2) is 0 Å². The van der Waals surface area contributed by atoms with E-state index in [0.29, 0.717) is 18.4 Å². The lowest BCUT2D eigenvalue weighted by molar-refractivity contribution is -0.137. The molecule has 1 aliphatic rings. The molecule has 1 fully saturated rings. The Bertz CT molecular complexity index is 159. The summed E-state index contributed by atoms with van der Waals surface area (Å²) in [6.07, 6.45) is 3.42. The van der Waals surface area contributed by atoms with Gasteiger partial charge in [-0.15, -0.1) is 0 Å². The third-order valence-corrected chi connectivity index (χ3v) is 2.66. The summed E-state index contributed by atoms with van der Waals surface area (Å²) in [5.41, 5.74) is 0. The van der Waals surface area contributed by atoms with Crippen LogP contribution in [0.15, 0.2) is 0 Å². The second kappa shape index (κ2) is 4.45. The molecular formula is C9H17NO2. The van der Waals surface area contributed by atoms with Crippen LogP contribution in [0.1, 0.15) is 32.6 Å². The first-order valence-electron chi connectivity index (χ1n) is 4.69. The van der Waals surface area contributed by atoms with Crippen LogP contribution in [0.4, 0.5) is 0 Å². The standard InChI is InChI=1S/C9H17NO2/c1-2-8-7(5-6-10-8)3-4-9(11)12/h7-8,10H,2-6H2,1H3,(H,11,12). The van der Waals surface area contributed by atoms with E-state index in [4.69, 9.17) is 5.11 Å². The maximum atomic E-state index is 10.3. The van der Waals surface area contributed by atoms with Gasteiger partial charge in [-0.1, -0.05) is 6.92 Å². The molecule has 3 heteroatoms. The zero-order chi connectivity index (χ0) is 8.97. The van der Waals surface area contributed by atoms with E-state index in [2.05, 4.69) is 12.2 Å². The van der Waals surface area contributed by atoms with Crippen LogP contribution in [0.5, 0.6) is 0 Å². The van der Waals surface area contributed by atoms with E-state index in [0.717, 1.165) is 25.8 Å². The third-order valence-electron chi connectivity index (χ3n) is 2.66. The Kier molecular flexibility index (Phi) is 3.53. The molecule has 3 nitrogen and oxygen atoms in total. The van der Waals surface area contributed by atoms with Crippen molar-refractivity contribution >= 4 is 5.97 Å². The van der Waals surface area contributed by atoms with Gasteiger partial charge in [0.1, 0.15) is 0 Å². The van der Waals surface area contributed by atoms with E-state index in [9.17, 15) is 4.79 Å². The number of rotatable bonds is 4. The molecule has 2 atom stereocenters. The van der Waals surface area contributed by atoms with E-state index in [1.165, 1.54) is 0 Å². The molecule has 1 aliphatic heterocycles. The third kappa shape index (κ3) is 2.48. The van der Waals surface area contributed by atoms with Crippen LogP contribution in [-0.4, -0.2) is 23.7 Å². The van der Waals surface area contributed by atoms with Crippen molar-refractivity contribution in [2.24, 2.45) is 5.92 Å². The number of carbonyl (C=O) groups is 1. The molecule has 0 aliphatic carbocycles. The zero-order valence-corrected chi connectivity index (χ0v) is 7.55. The number of hydrogen-bond acceptors (Lipinski definition) is 2. The van der Waals surface area contributed by atoms with Crippen molar-refractivity contribution in [3.8, 4) is 0 Å². The molecule has 1 saturated heterocycles. The minimum Gasteiger partial charge on any atom is -0.481 e. The summed E-state index contributed by atoms with van der Waals surface area (Å²) in [7, 11) is 0. The molecule has 70 valence electrons. The molecule has 0 aromatic carbocycles.